The molecule has 1 unspecified atom stereocenters. The van der Waals surface area contributed by atoms with E-state index in [-0.39, 0.29) is 5.97 Å². The van der Waals surface area contributed by atoms with Crippen molar-refractivity contribution < 1.29 is 9.53 Å². The van der Waals surface area contributed by atoms with E-state index in [0.29, 0.717) is 5.56 Å². The summed E-state index contributed by atoms with van der Waals surface area (Å²) in [6, 6.07) is 3.90. The summed E-state index contributed by atoms with van der Waals surface area (Å²) in [5.41, 5.74) is 2.59. The molecule has 2 nitrogen and oxygen atoms in total. The summed E-state index contributed by atoms with van der Waals surface area (Å²) in [6.45, 7) is 3.82. The smallest absolute Gasteiger partial charge is 0.338 e. The normalized spacial score (nSPS) is 9.85. The van der Waals surface area contributed by atoms with Gasteiger partial charge in [0.25, 0.3) is 0 Å². The van der Waals surface area contributed by atoms with Gasteiger partial charge in [0, 0.05) is 0 Å². The third kappa shape index (κ3) is 2.07. The molecule has 0 spiro atoms. The van der Waals surface area contributed by atoms with Gasteiger partial charge in [0.2, 0.25) is 0 Å². The number of carbonyl (C=O) groups is 1. The first-order chi connectivity index (χ1) is 6.06. The minimum Gasteiger partial charge on any atom is -0.465 e. The number of esters is 1. The monoisotopic (exact) mass is 196 g/mol. The van der Waals surface area contributed by atoms with Crippen molar-refractivity contribution >= 4 is 20.5 Å². The Balaban J connectivity index is 3.28. The average Bonchev–Trinajstić information content (AvgIpc) is 2.02. The highest BCUT2D eigenvalue weighted by Gasteiger charge is 2.12. The minimum absolute atomic E-state index is 0.264. The van der Waals surface area contributed by atoms with Crippen LogP contribution < -0.4 is 5.30 Å². The summed E-state index contributed by atoms with van der Waals surface area (Å²) in [7, 11) is 4.01. The van der Waals surface area contributed by atoms with E-state index in [0.717, 1.165) is 16.4 Å². The summed E-state index contributed by atoms with van der Waals surface area (Å²) >= 11 is 0. The number of methoxy groups -OCH3 is 1. The van der Waals surface area contributed by atoms with Crippen LogP contribution in [0.2, 0.25) is 0 Å². The van der Waals surface area contributed by atoms with E-state index >= 15 is 0 Å². The summed E-state index contributed by atoms with van der Waals surface area (Å²) in [4.78, 5) is 11.3. The summed E-state index contributed by atoms with van der Waals surface area (Å²) in [5.74, 6) is -0.264. The molecule has 0 saturated carbocycles. The maximum atomic E-state index is 11.3. The Labute approximate surface area is 80.5 Å². The molecule has 0 fully saturated rings. The summed E-state index contributed by atoms with van der Waals surface area (Å²) in [6.07, 6.45) is 0. The molecule has 1 aromatic rings. The van der Waals surface area contributed by atoms with Crippen LogP contribution in [-0.2, 0) is 4.74 Å². The lowest BCUT2D eigenvalue weighted by atomic mass is 10.0. The van der Waals surface area contributed by atoms with Crippen molar-refractivity contribution in [1.29, 1.82) is 0 Å². The Kier molecular flexibility index (Phi) is 3.05. The molecular weight excluding hydrogens is 183 g/mol. The van der Waals surface area contributed by atoms with Gasteiger partial charge in [-0.05, 0) is 30.3 Å². The summed E-state index contributed by atoms with van der Waals surface area (Å²) in [5, 5.41) is 1.09. The van der Waals surface area contributed by atoms with Gasteiger partial charge < -0.3 is 4.74 Å². The van der Waals surface area contributed by atoms with E-state index in [9.17, 15) is 4.79 Å². The molecule has 0 aliphatic rings. The first-order valence-electron chi connectivity index (χ1n) is 4.01. The van der Waals surface area contributed by atoms with Crippen LogP contribution in [-0.4, -0.2) is 13.1 Å². The number of hydrogen-bond acceptors (Lipinski definition) is 2. The van der Waals surface area contributed by atoms with Crippen molar-refractivity contribution in [2.45, 2.75) is 13.8 Å². The highest BCUT2D eigenvalue weighted by Crippen LogP contribution is 2.14. The van der Waals surface area contributed by atoms with E-state index < -0.39 is 0 Å². The van der Waals surface area contributed by atoms with Gasteiger partial charge in [0.05, 0.1) is 12.7 Å². The summed E-state index contributed by atoms with van der Waals surface area (Å²) < 4.78 is 4.69. The molecule has 0 heterocycles. The predicted molar refractivity (Wildman–Crippen MR) is 56.6 cm³/mol. The molecule has 0 radical (unpaired) electrons. The third-order valence-electron chi connectivity index (χ3n) is 1.94. The molecule has 0 aliphatic carbocycles. The van der Waals surface area contributed by atoms with Gasteiger partial charge in [-0.3, -0.25) is 0 Å². The number of aryl methyl sites for hydroxylation is 2. The van der Waals surface area contributed by atoms with Gasteiger partial charge in [-0.2, -0.15) is 0 Å². The van der Waals surface area contributed by atoms with Gasteiger partial charge >= 0.3 is 5.97 Å². The van der Waals surface area contributed by atoms with Crippen LogP contribution in [0.4, 0.5) is 0 Å². The molecular formula is C10H13O2P. The fourth-order valence-corrected chi connectivity index (χ4v) is 1.92. The molecule has 1 rings (SSSR count). The molecule has 0 amide bonds. The van der Waals surface area contributed by atoms with Gasteiger partial charge in [0.1, 0.15) is 0 Å². The molecule has 0 saturated heterocycles. The minimum atomic E-state index is -0.264. The fraction of sp³-hybridized carbons (Fsp3) is 0.300. The number of benzene rings is 1. The Hall–Kier alpha value is -0.880. The zero-order chi connectivity index (χ0) is 10.0. The second-order valence-electron chi connectivity index (χ2n) is 3.02. The SMILES string of the molecule is COC(=O)c1c(C)cc(P)cc1C. The molecule has 1 atom stereocenters. The fourth-order valence-electron chi connectivity index (χ4n) is 1.42. The van der Waals surface area contributed by atoms with E-state index in [1.807, 2.05) is 26.0 Å². The highest BCUT2D eigenvalue weighted by molar-refractivity contribution is 7.27. The number of hydrogen-bond donors (Lipinski definition) is 0. The van der Waals surface area contributed by atoms with Crippen LogP contribution in [0.3, 0.4) is 0 Å². The Morgan fingerprint density at radius 2 is 1.77 bits per heavy atom. The van der Waals surface area contributed by atoms with Crippen molar-refractivity contribution in [3.8, 4) is 0 Å². The van der Waals surface area contributed by atoms with Gasteiger partial charge in [0.15, 0.2) is 0 Å². The number of rotatable bonds is 1. The van der Waals surface area contributed by atoms with Gasteiger partial charge in [-0.15, -0.1) is 9.24 Å². The van der Waals surface area contributed by atoms with E-state index in [2.05, 4.69) is 9.24 Å². The Morgan fingerprint density at radius 3 is 2.15 bits per heavy atom. The zero-order valence-corrected chi connectivity index (χ0v) is 9.20. The second-order valence-corrected chi connectivity index (χ2v) is 3.69. The molecule has 0 aromatic heterocycles. The van der Waals surface area contributed by atoms with Crippen LogP contribution in [0.1, 0.15) is 21.5 Å². The first-order valence-corrected chi connectivity index (χ1v) is 4.59. The molecule has 0 bridgehead atoms. The average molecular weight is 196 g/mol. The van der Waals surface area contributed by atoms with Crippen molar-refractivity contribution in [2.24, 2.45) is 0 Å². The van der Waals surface area contributed by atoms with Crippen LogP contribution in [0.25, 0.3) is 0 Å². The molecule has 1 aromatic carbocycles. The molecule has 0 aliphatic heterocycles. The molecule has 13 heavy (non-hydrogen) atoms. The standard InChI is InChI=1S/C10H13O2P/c1-6-4-8(13)5-7(2)9(6)10(11)12-3/h4-5H,13H2,1-3H3. The highest BCUT2D eigenvalue weighted by atomic mass is 31.0. The van der Waals surface area contributed by atoms with Crippen molar-refractivity contribution in [3.05, 3.63) is 28.8 Å². The number of carbonyl (C=O) groups excluding carboxylic acids is 1. The molecule has 70 valence electrons. The lowest BCUT2D eigenvalue weighted by molar-refractivity contribution is 0.0599. The topological polar surface area (TPSA) is 26.3 Å². The van der Waals surface area contributed by atoms with E-state index in [1.165, 1.54) is 7.11 Å². The van der Waals surface area contributed by atoms with E-state index in [4.69, 9.17) is 4.74 Å². The second kappa shape index (κ2) is 3.89. The van der Waals surface area contributed by atoms with Crippen LogP contribution in [0.15, 0.2) is 12.1 Å². The van der Waals surface area contributed by atoms with Gasteiger partial charge in [-0.25, -0.2) is 4.79 Å². The molecule has 0 N–H and O–H groups in total. The Morgan fingerprint density at radius 1 is 1.31 bits per heavy atom. The first kappa shape index (κ1) is 10.2. The lowest BCUT2D eigenvalue weighted by Gasteiger charge is -2.08. The third-order valence-corrected chi connectivity index (χ3v) is 2.28. The maximum absolute atomic E-state index is 11.3. The van der Waals surface area contributed by atoms with Crippen LogP contribution in [0, 0.1) is 13.8 Å². The van der Waals surface area contributed by atoms with Crippen molar-refractivity contribution in [1.82, 2.24) is 0 Å². The quantitative estimate of drug-likeness (QED) is 0.503. The van der Waals surface area contributed by atoms with Gasteiger partial charge in [-0.1, -0.05) is 12.1 Å². The number of ether oxygens (including phenoxy) is 1. The van der Waals surface area contributed by atoms with Crippen LogP contribution in [0.5, 0.6) is 0 Å². The largest absolute Gasteiger partial charge is 0.465 e. The molecule has 3 heteroatoms. The maximum Gasteiger partial charge on any atom is 0.338 e. The zero-order valence-electron chi connectivity index (χ0n) is 8.05. The predicted octanol–water partition coefficient (Wildman–Crippen LogP) is 1.59. The Bertz CT molecular complexity index is 322. The van der Waals surface area contributed by atoms with Crippen LogP contribution >= 0.6 is 9.24 Å². The van der Waals surface area contributed by atoms with Crippen molar-refractivity contribution in [3.63, 3.8) is 0 Å². The van der Waals surface area contributed by atoms with Crippen molar-refractivity contribution in [2.75, 3.05) is 7.11 Å². The lowest BCUT2D eigenvalue weighted by Crippen LogP contribution is -2.09. The van der Waals surface area contributed by atoms with E-state index in [1.54, 1.807) is 0 Å².